The van der Waals surface area contributed by atoms with E-state index in [-0.39, 0.29) is 21.9 Å². The van der Waals surface area contributed by atoms with Gasteiger partial charge in [0.05, 0.1) is 37.4 Å². The maximum atomic E-state index is 10.9. The molecule has 0 saturated carbocycles. The molecule has 2 heterocycles. The Morgan fingerprint density at radius 3 is 1.83 bits per heavy atom. The van der Waals surface area contributed by atoms with E-state index in [0.29, 0.717) is 13.1 Å². The van der Waals surface area contributed by atoms with Gasteiger partial charge in [-0.05, 0) is 12.8 Å². The van der Waals surface area contributed by atoms with Crippen LogP contribution in [0.25, 0.3) is 0 Å². The Kier molecular flexibility index (Phi) is 6.40. The number of nitrogens with zero attached hydrogens (tertiary/aromatic N) is 2. The lowest BCUT2D eigenvalue weighted by molar-refractivity contribution is -0.167. The summed E-state index contributed by atoms with van der Waals surface area (Å²) in [4.78, 5) is 31.2. The normalized spacial score (nSPS) is 27.6. The minimum Gasteiger partial charge on any atom is -0.274 e. The maximum Gasteiger partial charge on any atom is 0.259 e. The summed E-state index contributed by atoms with van der Waals surface area (Å²) in [7, 11) is 2.99. The van der Waals surface area contributed by atoms with Crippen LogP contribution in [0, 0.1) is 0 Å². The highest BCUT2D eigenvalue weighted by molar-refractivity contribution is 9.10. The minimum absolute atomic E-state index is 0.0255. The second-order valence-electron chi connectivity index (χ2n) is 3.81. The van der Waals surface area contributed by atoms with Gasteiger partial charge in [-0.1, -0.05) is 15.9 Å². The van der Waals surface area contributed by atoms with Crippen LogP contribution in [0.15, 0.2) is 0 Å². The summed E-state index contributed by atoms with van der Waals surface area (Å²) in [5.41, 5.74) is 0. The summed E-state index contributed by atoms with van der Waals surface area (Å²) in [6.07, 6.45) is 1.63. The monoisotopic (exact) mass is 340 g/mol. The van der Waals surface area contributed by atoms with Crippen molar-refractivity contribution in [3.63, 3.8) is 0 Å². The van der Waals surface area contributed by atoms with Crippen LogP contribution in [0.5, 0.6) is 0 Å². The lowest BCUT2D eigenvalue weighted by Gasteiger charge is -2.10. The van der Waals surface area contributed by atoms with E-state index in [4.69, 9.17) is 9.68 Å². The molecule has 2 rings (SSSR count). The first-order valence-electron chi connectivity index (χ1n) is 5.54. The third-order valence-corrected chi connectivity index (χ3v) is 4.01. The Balaban J connectivity index is 0.000000180. The third-order valence-electron chi connectivity index (χ3n) is 2.68. The highest BCUT2D eigenvalue weighted by atomic mass is 79.9. The molecule has 2 aliphatic heterocycles. The fraction of sp³-hybridized carbons (Fsp3) is 0.800. The van der Waals surface area contributed by atoms with Crippen molar-refractivity contribution in [1.82, 2.24) is 10.1 Å². The highest BCUT2D eigenvalue weighted by Crippen LogP contribution is 2.17. The fourth-order valence-electron chi connectivity index (χ4n) is 1.62. The summed E-state index contributed by atoms with van der Waals surface area (Å²) >= 11 is 7.24. The molecule has 2 atom stereocenters. The molecule has 0 N–H and O–H groups in total. The van der Waals surface area contributed by atoms with E-state index in [9.17, 15) is 9.59 Å². The van der Waals surface area contributed by atoms with Gasteiger partial charge in [-0.3, -0.25) is 19.3 Å². The number of thiol groups is 1. The standard InChI is InChI=1S/C5H8BrNO2.C5H9NO2S/c1-9-7-3-2-4(6)5(7)8;1-8-6-3-2-4(9)5(6)7/h4H,2-3H2,1H3;4,9H,2-3H2,1H3. The van der Waals surface area contributed by atoms with Crippen molar-refractivity contribution < 1.29 is 19.3 Å². The average Bonchev–Trinajstić information content (AvgIpc) is 2.86. The number of hydroxylamine groups is 4. The number of carbonyl (C=O) groups is 2. The molecule has 0 radical (unpaired) electrons. The van der Waals surface area contributed by atoms with Gasteiger partial charge in [-0.15, -0.1) is 0 Å². The zero-order valence-electron chi connectivity index (χ0n) is 10.3. The SMILES string of the molecule is CON1CCC(Br)C1=O.CON1CCC(S)C1=O. The molecule has 2 aliphatic rings. The first-order chi connectivity index (χ1) is 8.51. The topological polar surface area (TPSA) is 59.1 Å². The van der Waals surface area contributed by atoms with Gasteiger partial charge in [0.25, 0.3) is 11.8 Å². The molecule has 2 amide bonds. The summed E-state index contributed by atoms with van der Waals surface area (Å²) in [5, 5.41) is 2.54. The number of carbonyl (C=O) groups excluding carboxylic acids is 2. The molecule has 0 aromatic heterocycles. The lowest BCUT2D eigenvalue weighted by atomic mass is 10.4. The predicted octanol–water partition coefficient (Wildman–Crippen LogP) is 0.622. The molecule has 0 aliphatic carbocycles. The van der Waals surface area contributed by atoms with Crippen LogP contribution in [-0.4, -0.2) is 59.3 Å². The number of hydrogen-bond donors (Lipinski definition) is 1. The summed E-state index contributed by atoms with van der Waals surface area (Å²) in [5.74, 6) is -0.00154. The first kappa shape index (κ1) is 15.7. The Morgan fingerprint density at radius 1 is 1.11 bits per heavy atom. The molecule has 2 fully saturated rings. The lowest BCUT2D eigenvalue weighted by Crippen LogP contribution is -2.26. The van der Waals surface area contributed by atoms with Crippen molar-refractivity contribution >= 4 is 40.4 Å². The van der Waals surface area contributed by atoms with Crippen molar-refractivity contribution in [1.29, 1.82) is 0 Å². The zero-order valence-corrected chi connectivity index (χ0v) is 12.8. The molecule has 0 bridgehead atoms. The van der Waals surface area contributed by atoms with Crippen LogP contribution >= 0.6 is 28.6 Å². The maximum absolute atomic E-state index is 10.9. The Bertz CT molecular complexity index is 288. The summed E-state index contributed by atoms with van der Waals surface area (Å²) in [6, 6.07) is 0. The van der Waals surface area contributed by atoms with Gasteiger partial charge in [-0.25, -0.2) is 10.1 Å². The third kappa shape index (κ3) is 3.84. The largest absolute Gasteiger partial charge is 0.274 e. The molecule has 104 valence electrons. The molecule has 0 aromatic carbocycles. The molecule has 2 unspecified atom stereocenters. The second kappa shape index (κ2) is 7.32. The molecule has 0 spiro atoms. The van der Waals surface area contributed by atoms with Gasteiger partial charge in [-0.2, -0.15) is 12.6 Å². The molecular formula is C10H17BrN2O4S. The van der Waals surface area contributed by atoms with Gasteiger partial charge in [0.15, 0.2) is 0 Å². The van der Waals surface area contributed by atoms with Crippen LogP contribution in [0.4, 0.5) is 0 Å². The van der Waals surface area contributed by atoms with E-state index in [1.807, 2.05) is 0 Å². The van der Waals surface area contributed by atoms with Crippen LogP contribution < -0.4 is 0 Å². The molecule has 8 heteroatoms. The second-order valence-corrected chi connectivity index (χ2v) is 5.54. The van der Waals surface area contributed by atoms with Crippen LogP contribution in [0.2, 0.25) is 0 Å². The van der Waals surface area contributed by atoms with E-state index < -0.39 is 0 Å². The van der Waals surface area contributed by atoms with E-state index in [1.165, 1.54) is 24.3 Å². The average molecular weight is 341 g/mol. The van der Waals surface area contributed by atoms with Gasteiger partial charge in [0, 0.05) is 0 Å². The van der Waals surface area contributed by atoms with E-state index in [2.05, 4.69) is 28.6 Å². The van der Waals surface area contributed by atoms with Crippen LogP contribution in [-0.2, 0) is 19.3 Å². The predicted molar refractivity (Wildman–Crippen MR) is 72.2 cm³/mol. The van der Waals surface area contributed by atoms with Crippen molar-refractivity contribution in [3.05, 3.63) is 0 Å². The Morgan fingerprint density at radius 2 is 1.61 bits per heavy atom. The van der Waals surface area contributed by atoms with Gasteiger partial charge in [0.1, 0.15) is 0 Å². The molecule has 6 nitrogen and oxygen atoms in total. The van der Waals surface area contributed by atoms with Crippen molar-refractivity contribution in [3.8, 4) is 0 Å². The summed E-state index contributed by atoms with van der Waals surface area (Å²) in [6.45, 7) is 1.37. The zero-order chi connectivity index (χ0) is 13.7. The van der Waals surface area contributed by atoms with E-state index in [0.717, 1.165) is 12.8 Å². The van der Waals surface area contributed by atoms with Gasteiger partial charge >= 0.3 is 0 Å². The van der Waals surface area contributed by atoms with Crippen molar-refractivity contribution in [2.45, 2.75) is 22.9 Å². The van der Waals surface area contributed by atoms with E-state index in [1.54, 1.807) is 0 Å². The number of alkyl halides is 1. The van der Waals surface area contributed by atoms with Crippen molar-refractivity contribution in [2.24, 2.45) is 0 Å². The molecule has 18 heavy (non-hydrogen) atoms. The molecule has 0 aromatic rings. The minimum atomic E-state index is -0.148. The first-order valence-corrected chi connectivity index (χ1v) is 6.97. The summed E-state index contributed by atoms with van der Waals surface area (Å²) < 4.78 is 0. The molecule has 2 saturated heterocycles. The fourth-order valence-corrected chi connectivity index (χ4v) is 2.30. The van der Waals surface area contributed by atoms with Crippen LogP contribution in [0.3, 0.4) is 0 Å². The van der Waals surface area contributed by atoms with Gasteiger partial charge in [0.2, 0.25) is 0 Å². The number of amides is 2. The number of hydrogen-bond acceptors (Lipinski definition) is 5. The number of rotatable bonds is 2. The molecular weight excluding hydrogens is 324 g/mol. The number of halogens is 1. The van der Waals surface area contributed by atoms with Gasteiger partial charge < -0.3 is 0 Å². The quantitative estimate of drug-likeness (QED) is 0.591. The smallest absolute Gasteiger partial charge is 0.259 e. The Hall–Kier alpha value is -0.310. The van der Waals surface area contributed by atoms with E-state index >= 15 is 0 Å². The van der Waals surface area contributed by atoms with Crippen molar-refractivity contribution in [2.75, 3.05) is 27.3 Å². The highest BCUT2D eigenvalue weighted by Gasteiger charge is 2.29. The van der Waals surface area contributed by atoms with Crippen LogP contribution in [0.1, 0.15) is 12.8 Å². The Labute approximate surface area is 120 Å².